The molecule has 1 unspecified atom stereocenters. The summed E-state index contributed by atoms with van der Waals surface area (Å²) < 4.78 is 25.7. The minimum absolute atomic E-state index is 0. The van der Waals surface area contributed by atoms with Crippen molar-refractivity contribution in [1.82, 2.24) is 0 Å². The fourth-order valence-corrected chi connectivity index (χ4v) is 1.10. The quantitative estimate of drug-likeness (QED) is 0.821. The first-order valence-corrected chi connectivity index (χ1v) is 3.97. The van der Waals surface area contributed by atoms with Gasteiger partial charge in [0, 0.05) is 18.2 Å². The van der Waals surface area contributed by atoms with Gasteiger partial charge in [0.25, 0.3) is 0 Å². The van der Waals surface area contributed by atoms with Crippen molar-refractivity contribution in [3.8, 4) is 0 Å². The fourth-order valence-electron chi connectivity index (χ4n) is 1.10. The van der Waals surface area contributed by atoms with Crippen molar-refractivity contribution in [2.45, 2.75) is 12.5 Å². The smallest absolute Gasteiger partial charge is 0.163 e. The molecule has 0 spiro atoms. The Kier molecular flexibility index (Phi) is 5.60. The maximum Gasteiger partial charge on any atom is 0.163 e. The molecule has 80 valence electrons. The standard InChI is InChI=1S/C9H11F2NO.ClH/c10-7-3-1-2-6(9(7)11)8(12)4-5-13;/h1-3,8,13H,4-5,12H2;1H. The second kappa shape index (κ2) is 5.90. The first kappa shape index (κ1) is 13.3. The van der Waals surface area contributed by atoms with Crippen molar-refractivity contribution in [1.29, 1.82) is 0 Å². The highest BCUT2D eigenvalue weighted by atomic mass is 35.5. The van der Waals surface area contributed by atoms with Gasteiger partial charge in [0.15, 0.2) is 11.6 Å². The van der Waals surface area contributed by atoms with Gasteiger partial charge in [-0.25, -0.2) is 8.78 Å². The van der Waals surface area contributed by atoms with E-state index in [1.54, 1.807) is 0 Å². The van der Waals surface area contributed by atoms with E-state index < -0.39 is 17.7 Å². The van der Waals surface area contributed by atoms with E-state index in [1.807, 2.05) is 0 Å². The Morgan fingerprint density at radius 3 is 2.57 bits per heavy atom. The van der Waals surface area contributed by atoms with Gasteiger partial charge in [-0.1, -0.05) is 12.1 Å². The number of aliphatic hydroxyl groups excluding tert-OH is 1. The molecule has 5 heteroatoms. The van der Waals surface area contributed by atoms with Crippen LogP contribution in [0.25, 0.3) is 0 Å². The van der Waals surface area contributed by atoms with E-state index in [9.17, 15) is 8.78 Å². The Morgan fingerprint density at radius 1 is 1.36 bits per heavy atom. The van der Waals surface area contributed by atoms with Crippen LogP contribution in [0.15, 0.2) is 18.2 Å². The van der Waals surface area contributed by atoms with Gasteiger partial charge in [0.1, 0.15) is 0 Å². The van der Waals surface area contributed by atoms with Crippen molar-refractivity contribution < 1.29 is 13.9 Å². The summed E-state index contributed by atoms with van der Waals surface area (Å²) in [5.74, 6) is -1.84. The summed E-state index contributed by atoms with van der Waals surface area (Å²) in [6, 6.07) is 3.19. The molecule has 0 saturated heterocycles. The van der Waals surface area contributed by atoms with Crippen LogP contribution in [0.5, 0.6) is 0 Å². The highest BCUT2D eigenvalue weighted by Crippen LogP contribution is 2.19. The van der Waals surface area contributed by atoms with Crippen LogP contribution in [0.3, 0.4) is 0 Å². The molecular formula is C9H12ClF2NO. The van der Waals surface area contributed by atoms with Crippen molar-refractivity contribution in [3.63, 3.8) is 0 Å². The van der Waals surface area contributed by atoms with E-state index >= 15 is 0 Å². The molecule has 0 heterocycles. The third kappa shape index (κ3) is 2.90. The van der Waals surface area contributed by atoms with Crippen LogP contribution in [0.2, 0.25) is 0 Å². The average molecular weight is 224 g/mol. The lowest BCUT2D eigenvalue weighted by Crippen LogP contribution is -2.14. The highest BCUT2D eigenvalue weighted by molar-refractivity contribution is 5.85. The molecule has 0 fully saturated rings. The van der Waals surface area contributed by atoms with Crippen molar-refractivity contribution in [3.05, 3.63) is 35.4 Å². The number of benzene rings is 1. The van der Waals surface area contributed by atoms with Crippen LogP contribution >= 0.6 is 12.4 Å². The summed E-state index contributed by atoms with van der Waals surface area (Å²) in [6.07, 6.45) is 0.223. The summed E-state index contributed by atoms with van der Waals surface area (Å²) in [4.78, 5) is 0. The number of hydrogen-bond donors (Lipinski definition) is 2. The monoisotopic (exact) mass is 223 g/mol. The molecule has 1 atom stereocenters. The topological polar surface area (TPSA) is 46.2 Å². The van der Waals surface area contributed by atoms with Gasteiger partial charge in [-0.15, -0.1) is 12.4 Å². The van der Waals surface area contributed by atoms with Crippen LogP contribution in [0.4, 0.5) is 8.78 Å². The molecular weight excluding hydrogens is 212 g/mol. The lowest BCUT2D eigenvalue weighted by atomic mass is 10.0. The van der Waals surface area contributed by atoms with Crippen LogP contribution in [-0.2, 0) is 0 Å². The molecule has 0 bridgehead atoms. The molecule has 1 aromatic carbocycles. The van der Waals surface area contributed by atoms with E-state index in [1.165, 1.54) is 12.1 Å². The first-order valence-electron chi connectivity index (χ1n) is 3.97. The van der Waals surface area contributed by atoms with Crippen LogP contribution in [-0.4, -0.2) is 11.7 Å². The summed E-state index contributed by atoms with van der Waals surface area (Å²) >= 11 is 0. The van der Waals surface area contributed by atoms with Crippen molar-refractivity contribution in [2.75, 3.05) is 6.61 Å². The number of hydrogen-bond acceptors (Lipinski definition) is 2. The molecule has 0 amide bonds. The molecule has 1 aromatic rings. The highest BCUT2D eigenvalue weighted by Gasteiger charge is 2.13. The minimum Gasteiger partial charge on any atom is -0.396 e. The number of halogens is 3. The second-order valence-electron chi connectivity index (χ2n) is 2.76. The van der Waals surface area contributed by atoms with E-state index in [0.29, 0.717) is 0 Å². The first-order chi connectivity index (χ1) is 6.16. The average Bonchev–Trinajstić information content (AvgIpc) is 2.10. The predicted molar refractivity (Wildman–Crippen MR) is 52.2 cm³/mol. The van der Waals surface area contributed by atoms with Gasteiger partial charge in [-0.2, -0.15) is 0 Å². The van der Waals surface area contributed by atoms with Gasteiger partial charge in [-0.3, -0.25) is 0 Å². The van der Waals surface area contributed by atoms with E-state index in [4.69, 9.17) is 10.8 Å². The maximum absolute atomic E-state index is 13.0. The Balaban J connectivity index is 0.00000169. The largest absolute Gasteiger partial charge is 0.396 e. The van der Waals surface area contributed by atoms with Gasteiger partial charge >= 0.3 is 0 Å². The summed E-state index contributed by atoms with van der Waals surface area (Å²) in [7, 11) is 0. The zero-order chi connectivity index (χ0) is 9.84. The van der Waals surface area contributed by atoms with E-state index in [0.717, 1.165) is 6.07 Å². The fraction of sp³-hybridized carbons (Fsp3) is 0.333. The number of nitrogens with two attached hydrogens (primary N) is 1. The van der Waals surface area contributed by atoms with Crippen LogP contribution in [0, 0.1) is 11.6 Å². The zero-order valence-electron chi connectivity index (χ0n) is 7.41. The predicted octanol–water partition coefficient (Wildman–Crippen LogP) is 1.77. The Labute approximate surface area is 87.1 Å². The SMILES string of the molecule is Cl.NC(CCO)c1cccc(F)c1F. The molecule has 0 aromatic heterocycles. The van der Waals surface area contributed by atoms with Gasteiger partial charge in [0.2, 0.25) is 0 Å². The molecule has 0 saturated carbocycles. The van der Waals surface area contributed by atoms with Crippen LogP contribution in [0.1, 0.15) is 18.0 Å². The molecule has 2 nitrogen and oxygen atoms in total. The minimum atomic E-state index is -0.927. The lowest BCUT2D eigenvalue weighted by molar-refractivity contribution is 0.275. The molecule has 0 radical (unpaired) electrons. The summed E-state index contributed by atoms with van der Waals surface area (Å²) in [5.41, 5.74) is 5.61. The lowest BCUT2D eigenvalue weighted by Gasteiger charge is -2.11. The normalized spacial score (nSPS) is 12.0. The van der Waals surface area contributed by atoms with Crippen molar-refractivity contribution in [2.24, 2.45) is 5.73 Å². The Hall–Kier alpha value is -0.710. The zero-order valence-corrected chi connectivity index (χ0v) is 8.23. The Bertz CT molecular complexity index is 296. The Morgan fingerprint density at radius 2 is 2.00 bits per heavy atom. The number of aliphatic hydroxyl groups is 1. The van der Waals surface area contributed by atoms with E-state index in [2.05, 4.69) is 0 Å². The molecule has 1 rings (SSSR count). The van der Waals surface area contributed by atoms with Crippen molar-refractivity contribution >= 4 is 12.4 Å². The summed E-state index contributed by atoms with van der Waals surface area (Å²) in [5, 5.41) is 8.56. The summed E-state index contributed by atoms with van der Waals surface area (Å²) in [6.45, 7) is -0.142. The van der Waals surface area contributed by atoms with Gasteiger partial charge in [-0.05, 0) is 12.5 Å². The molecule has 0 aliphatic rings. The molecule has 0 aliphatic carbocycles. The van der Waals surface area contributed by atoms with Gasteiger partial charge in [0.05, 0.1) is 0 Å². The second-order valence-corrected chi connectivity index (χ2v) is 2.76. The third-order valence-corrected chi connectivity index (χ3v) is 1.82. The molecule has 0 aliphatic heterocycles. The number of rotatable bonds is 3. The van der Waals surface area contributed by atoms with Gasteiger partial charge < -0.3 is 10.8 Å². The third-order valence-electron chi connectivity index (χ3n) is 1.82. The maximum atomic E-state index is 13.0. The van der Waals surface area contributed by atoms with Crippen LogP contribution < -0.4 is 5.73 Å². The molecule has 14 heavy (non-hydrogen) atoms. The molecule has 3 N–H and O–H groups in total. The van der Waals surface area contributed by atoms with E-state index in [-0.39, 0.29) is 31.0 Å².